The number of nitrogens with zero attached hydrogens (tertiary/aromatic N) is 3. The molecule has 0 spiro atoms. The summed E-state index contributed by atoms with van der Waals surface area (Å²) in [5.41, 5.74) is 13.1. The number of halogens is 1. The Morgan fingerprint density at radius 3 is 3.05 bits per heavy atom. The van der Waals surface area contributed by atoms with Crippen molar-refractivity contribution >= 4 is 27.4 Å². The minimum atomic E-state index is -0.664. The van der Waals surface area contributed by atoms with E-state index in [1.54, 1.807) is 11.3 Å². The molecule has 0 unspecified atom stereocenters. The Bertz CT molecular complexity index is 753. The number of rotatable bonds is 4. The van der Waals surface area contributed by atoms with Crippen molar-refractivity contribution in [3.8, 4) is 6.01 Å². The molecular weight excluding hydrogens is 281 g/mol. The average Bonchev–Trinajstić information content (AvgIpc) is 3.00. The van der Waals surface area contributed by atoms with E-state index in [0.29, 0.717) is 6.67 Å². The Hall–Kier alpha value is -2.19. The zero-order chi connectivity index (χ0) is 14.1. The summed E-state index contributed by atoms with van der Waals surface area (Å²) in [5.74, 6) is -0.895. The molecule has 0 saturated heterocycles. The molecule has 0 aliphatic heterocycles. The lowest BCUT2D eigenvalue weighted by Crippen LogP contribution is -2.12. The van der Waals surface area contributed by atoms with Gasteiger partial charge in [-0.3, -0.25) is 0 Å². The fraction of sp³-hybridized carbons (Fsp3) is 0.167. The van der Waals surface area contributed by atoms with Gasteiger partial charge in [-0.2, -0.15) is 4.98 Å². The quantitative estimate of drug-likeness (QED) is 0.764. The summed E-state index contributed by atoms with van der Waals surface area (Å²) >= 11 is 1.63. The number of nitrogens with two attached hydrogens (primary N) is 2. The Balaban J connectivity index is 1.82. The molecule has 3 heterocycles. The summed E-state index contributed by atoms with van der Waals surface area (Å²) in [6.45, 7) is 0.592. The van der Waals surface area contributed by atoms with Crippen molar-refractivity contribution < 1.29 is 9.13 Å². The van der Waals surface area contributed by atoms with Crippen LogP contribution < -0.4 is 16.2 Å². The van der Waals surface area contributed by atoms with Gasteiger partial charge in [0.1, 0.15) is 6.61 Å². The molecule has 3 aromatic heterocycles. The number of aromatic nitrogens is 3. The number of hydrogen-bond acceptors (Lipinski definition) is 6. The van der Waals surface area contributed by atoms with Gasteiger partial charge in [0.25, 0.3) is 0 Å². The van der Waals surface area contributed by atoms with Crippen molar-refractivity contribution in [3.05, 3.63) is 35.2 Å². The van der Waals surface area contributed by atoms with E-state index >= 15 is 0 Å². The lowest BCUT2D eigenvalue weighted by Gasteiger charge is -2.08. The van der Waals surface area contributed by atoms with Crippen LogP contribution in [0.5, 0.6) is 6.01 Å². The minimum absolute atomic E-state index is 0.0389. The molecule has 0 saturated carbocycles. The maximum atomic E-state index is 13.0. The van der Waals surface area contributed by atoms with E-state index < -0.39 is 5.82 Å². The topological polar surface area (TPSA) is 92.0 Å². The first-order chi connectivity index (χ1) is 9.69. The van der Waals surface area contributed by atoms with Crippen molar-refractivity contribution in [3.63, 3.8) is 0 Å². The van der Waals surface area contributed by atoms with E-state index in [1.165, 1.54) is 0 Å². The average molecular weight is 293 g/mol. The van der Waals surface area contributed by atoms with Crippen LogP contribution in [-0.2, 0) is 13.3 Å². The van der Waals surface area contributed by atoms with E-state index in [2.05, 4.69) is 9.97 Å². The molecule has 20 heavy (non-hydrogen) atoms. The summed E-state index contributed by atoms with van der Waals surface area (Å²) < 4.78 is 21.5. The smallest absolute Gasteiger partial charge is 0.318 e. The number of nitrogen functional groups attached to an aromatic ring is 1. The van der Waals surface area contributed by atoms with Gasteiger partial charge in [-0.1, -0.05) is 0 Å². The zero-order valence-corrected chi connectivity index (χ0v) is 11.2. The van der Waals surface area contributed by atoms with Gasteiger partial charge in [-0.05, 0) is 17.5 Å². The Morgan fingerprint density at radius 1 is 1.45 bits per heavy atom. The fourth-order valence-corrected chi connectivity index (χ4v) is 2.78. The van der Waals surface area contributed by atoms with E-state index in [9.17, 15) is 4.39 Å². The van der Waals surface area contributed by atoms with E-state index in [-0.39, 0.29) is 18.4 Å². The molecule has 0 aromatic carbocycles. The second-order valence-electron chi connectivity index (χ2n) is 4.09. The second kappa shape index (κ2) is 5.06. The Labute approximate surface area is 117 Å². The fourth-order valence-electron chi connectivity index (χ4n) is 1.94. The van der Waals surface area contributed by atoms with Crippen LogP contribution >= 0.6 is 11.3 Å². The van der Waals surface area contributed by atoms with E-state index in [4.69, 9.17) is 16.2 Å². The highest BCUT2D eigenvalue weighted by Gasteiger charge is 2.10. The van der Waals surface area contributed by atoms with E-state index in [0.717, 1.165) is 22.1 Å². The normalized spacial score (nSPS) is 11.1. The predicted molar refractivity (Wildman–Crippen MR) is 74.7 cm³/mol. The SMILES string of the molecule is NCn1c(COc2ncc(F)c(N)n2)cc2sccc21. The molecule has 3 aromatic rings. The van der Waals surface area contributed by atoms with Crippen LogP contribution in [0.15, 0.2) is 23.7 Å². The Morgan fingerprint density at radius 2 is 2.30 bits per heavy atom. The van der Waals surface area contributed by atoms with Crippen LogP contribution in [0.2, 0.25) is 0 Å². The molecule has 0 aliphatic rings. The zero-order valence-electron chi connectivity index (χ0n) is 10.4. The molecule has 0 bridgehead atoms. The molecule has 0 amide bonds. The summed E-state index contributed by atoms with van der Waals surface area (Å²) in [4.78, 5) is 7.44. The third kappa shape index (κ3) is 2.19. The first-order valence-corrected chi connectivity index (χ1v) is 6.73. The van der Waals surface area contributed by atoms with Crippen LogP contribution in [0.4, 0.5) is 10.2 Å². The number of ether oxygens (including phenoxy) is 1. The summed E-state index contributed by atoms with van der Waals surface area (Å²) in [5, 5.41) is 2.01. The van der Waals surface area contributed by atoms with Crippen LogP contribution in [0.25, 0.3) is 10.2 Å². The molecule has 4 N–H and O–H groups in total. The second-order valence-corrected chi connectivity index (χ2v) is 5.04. The van der Waals surface area contributed by atoms with Gasteiger partial charge in [0.05, 0.1) is 28.8 Å². The molecule has 0 fully saturated rings. The van der Waals surface area contributed by atoms with Crippen LogP contribution in [0, 0.1) is 5.82 Å². The summed E-state index contributed by atoms with van der Waals surface area (Å²) in [7, 11) is 0. The lowest BCUT2D eigenvalue weighted by atomic mass is 10.4. The molecule has 0 radical (unpaired) electrons. The molecule has 0 atom stereocenters. The first-order valence-electron chi connectivity index (χ1n) is 5.85. The van der Waals surface area contributed by atoms with Gasteiger partial charge in [-0.25, -0.2) is 9.37 Å². The highest BCUT2D eigenvalue weighted by atomic mass is 32.1. The molecular formula is C12H12FN5OS. The van der Waals surface area contributed by atoms with Crippen molar-refractivity contribution in [2.24, 2.45) is 5.73 Å². The van der Waals surface area contributed by atoms with Crippen molar-refractivity contribution in [1.29, 1.82) is 0 Å². The third-order valence-electron chi connectivity index (χ3n) is 2.89. The lowest BCUT2D eigenvalue weighted by molar-refractivity contribution is 0.271. The minimum Gasteiger partial charge on any atom is -0.457 e. The van der Waals surface area contributed by atoms with Gasteiger partial charge in [0.15, 0.2) is 11.6 Å². The maximum absolute atomic E-state index is 13.0. The predicted octanol–water partition coefficient (Wildman–Crippen LogP) is 1.71. The van der Waals surface area contributed by atoms with Crippen molar-refractivity contribution in [2.45, 2.75) is 13.3 Å². The number of hydrogen-bond donors (Lipinski definition) is 2. The largest absolute Gasteiger partial charge is 0.457 e. The standard InChI is InChI=1S/C12H12FN5OS/c13-8-4-16-12(17-11(8)15)19-5-7-3-10-9(1-2-20-10)18(7)6-14/h1-4H,5-6,14H2,(H2,15,16,17). The van der Waals surface area contributed by atoms with Gasteiger partial charge in [0, 0.05) is 0 Å². The monoisotopic (exact) mass is 293 g/mol. The van der Waals surface area contributed by atoms with Gasteiger partial charge >= 0.3 is 6.01 Å². The summed E-state index contributed by atoms with van der Waals surface area (Å²) in [6.07, 6.45) is 0.984. The highest BCUT2D eigenvalue weighted by Crippen LogP contribution is 2.25. The molecule has 3 rings (SSSR count). The Kier molecular flexibility index (Phi) is 3.25. The molecule has 104 valence electrons. The maximum Gasteiger partial charge on any atom is 0.318 e. The van der Waals surface area contributed by atoms with Crippen LogP contribution in [0.1, 0.15) is 5.69 Å². The first kappa shape index (κ1) is 12.8. The van der Waals surface area contributed by atoms with E-state index in [1.807, 2.05) is 22.1 Å². The summed E-state index contributed by atoms with van der Waals surface area (Å²) in [6, 6.07) is 4.04. The van der Waals surface area contributed by atoms with Crippen molar-refractivity contribution in [1.82, 2.24) is 14.5 Å². The van der Waals surface area contributed by atoms with Gasteiger partial charge < -0.3 is 20.8 Å². The van der Waals surface area contributed by atoms with Crippen LogP contribution in [0.3, 0.4) is 0 Å². The number of fused-ring (bicyclic) bond motifs is 1. The number of anilines is 1. The van der Waals surface area contributed by atoms with Crippen molar-refractivity contribution in [2.75, 3.05) is 5.73 Å². The molecule has 0 aliphatic carbocycles. The molecule has 8 heteroatoms. The van der Waals surface area contributed by atoms with Gasteiger partial charge in [0.2, 0.25) is 0 Å². The van der Waals surface area contributed by atoms with Crippen LogP contribution in [-0.4, -0.2) is 14.5 Å². The number of thiophene rings is 1. The molecule has 6 nitrogen and oxygen atoms in total. The highest BCUT2D eigenvalue weighted by molar-refractivity contribution is 7.17. The third-order valence-corrected chi connectivity index (χ3v) is 3.74. The van der Waals surface area contributed by atoms with Gasteiger partial charge in [-0.15, -0.1) is 11.3 Å².